The topological polar surface area (TPSA) is 76.1 Å². The monoisotopic (exact) mass is 268 g/mol. The highest BCUT2D eigenvalue weighted by Crippen LogP contribution is 2.25. The summed E-state index contributed by atoms with van der Waals surface area (Å²) in [5.41, 5.74) is 13.3. The van der Waals surface area contributed by atoms with Gasteiger partial charge in [0.1, 0.15) is 0 Å². The molecule has 0 fully saturated rings. The highest BCUT2D eigenvalue weighted by atomic mass is 15.2. The first-order valence-corrected chi connectivity index (χ1v) is 6.56. The second-order valence-corrected chi connectivity index (χ2v) is 4.47. The van der Waals surface area contributed by atoms with E-state index >= 15 is 0 Å². The summed E-state index contributed by atoms with van der Waals surface area (Å²) in [6.45, 7) is 2.69. The van der Waals surface area contributed by atoms with Gasteiger partial charge in [-0.05, 0) is 24.6 Å². The summed E-state index contributed by atoms with van der Waals surface area (Å²) in [6.07, 6.45) is 9.94. The molecular formula is C16H20N4. The van der Waals surface area contributed by atoms with Gasteiger partial charge in [0, 0.05) is 17.8 Å². The van der Waals surface area contributed by atoms with Gasteiger partial charge in [-0.15, -0.1) is 0 Å². The van der Waals surface area contributed by atoms with Gasteiger partial charge in [-0.25, -0.2) is 0 Å². The van der Waals surface area contributed by atoms with Crippen LogP contribution in [0.3, 0.4) is 0 Å². The Bertz CT molecular complexity index is 594. The van der Waals surface area contributed by atoms with Crippen molar-refractivity contribution in [3.8, 4) is 0 Å². The summed E-state index contributed by atoms with van der Waals surface area (Å²) in [6, 6.07) is 7.92. The Morgan fingerprint density at radius 3 is 2.80 bits per heavy atom. The van der Waals surface area contributed by atoms with Gasteiger partial charge in [0.2, 0.25) is 0 Å². The number of hydrogen-bond acceptors (Lipinski definition) is 4. The molecule has 104 valence electrons. The molecule has 0 radical (unpaired) electrons. The first-order valence-electron chi connectivity index (χ1n) is 6.56. The molecule has 0 spiro atoms. The number of para-hydroxylation sites is 1. The van der Waals surface area contributed by atoms with Crippen molar-refractivity contribution in [3.05, 3.63) is 71.5 Å². The zero-order valence-corrected chi connectivity index (χ0v) is 11.6. The maximum atomic E-state index is 6.20. The number of rotatable bonds is 3. The van der Waals surface area contributed by atoms with Gasteiger partial charge in [-0.2, -0.15) is 0 Å². The lowest BCUT2D eigenvalue weighted by Crippen LogP contribution is -2.25. The molecule has 4 nitrogen and oxygen atoms in total. The van der Waals surface area contributed by atoms with Crippen LogP contribution < -0.4 is 22.3 Å². The largest absolute Gasteiger partial charge is 0.396 e. The lowest BCUT2D eigenvalue weighted by Gasteiger charge is -2.18. The summed E-state index contributed by atoms with van der Waals surface area (Å²) >= 11 is 0. The number of nitrogens with one attached hydrogen (secondary N) is 2. The normalized spacial score (nSPS) is 21.8. The minimum atomic E-state index is 0.632. The summed E-state index contributed by atoms with van der Waals surface area (Å²) in [5.74, 6) is 5.60. The molecule has 0 saturated carbocycles. The maximum Gasteiger partial charge on any atom is 0.0726 e. The summed E-state index contributed by atoms with van der Waals surface area (Å²) < 4.78 is 0. The van der Waals surface area contributed by atoms with Crippen molar-refractivity contribution in [1.29, 1.82) is 0 Å². The molecule has 0 amide bonds. The van der Waals surface area contributed by atoms with Crippen LogP contribution in [0.25, 0.3) is 5.70 Å². The second kappa shape index (κ2) is 6.63. The molecule has 1 heterocycles. The molecule has 4 heteroatoms. The average molecular weight is 268 g/mol. The number of anilines is 1. The number of allylic oxidation sites excluding steroid dienone is 4. The molecular weight excluding hydrogens is 248 g/mol. The van der Waals surface area contributed by atoms with Gasteiger partial charge in [0.15, 0.2) is 0 Å². The van der Waals surface area contributed by atoms with Crippen LogP contribution in [0.2, 0.25) is 0 Å². The van der Waals surface area contributed by atoms with Crippen LogP contribution in [0, 0.1) is 0 Å². The predicted molar refractivity (Wildman–Crippen MR) is 85.4 cm³/mol. The molecule has 0 aliphatic carbocycles. The van der Waals surface area contributed by atoms with E-state index in [1.54, 1.807) is 0 Å². The van der Waals surface area contributed by atoms with E-state index < -0.39 is 0 Å². The molecule has 0 atom stereocenters. The Morgan fingerprint density at radius 2 is 2.05 bits per heavy atom. The molecule has 6 N–H and O–H groups in total. The van der Waals surface area contributed by atoms with Crippen molar-refractivity contribution in [2.75, 3.05) is 11.9 Å². The van der Waals surface area contributed by atoms with E-state index in [0.29, 0.717) is 12.2 Å². The van der Waals surface area contributed by atoms with Crippen LogP contribution in [0.5, 0.6) is 0 Å². The van der Waals surface area contributed by atoms with Crippen LogP contribution in [0.4, 0.5) is 5.69 Å². The van der Waals surface area contributed by atoms with E-state index in [9.17, 15) is 0 Å². The van der Waals surface area contributed by atoms with E-state index in [2.05, 4.69) is 10.7 Å². The number of hydrogen-bond donors (Lipinski definition) is 4. The van der Waals surface area contributed by atoms with E-state index in [-0.39, 0.29) is 0 Å². The van der Waals surface area contributed by atoms with Crippen LogP contribution in [-0.2, 0) is 0 Å². The molecule has 0 aromatic heterocycles. The van der Waals surface area contributed by atoms with Gasteiger partial charge in [0.25, 0.3) is 0 Å². The fraction of sp³-hybridized carbons (Fsp3) is 0.125. The molecule has 0 saturated heterocycles. The minimum Gasteiger partial charge on any atom is -0.396 e. The molecule has 1 aromatic rings. The highest BCUT2D eigenvalue weighted by molar-refractivity contribution is 5.78. The van der Waals surface area contributed by atoms with Crippen molar-refractivity contribution < 1.29 is 0 Å². The fourth-order valence-corrected chi connectivity index (χ4v) is 2.05. The Balaban J connectivity index is 2.45. The molecule has 1 aromatic carbocycles. The van der Waals surface area contributed by atoms with E-state index in [0.717, 1.165) is 22.5 Å². The number of hydrazine groups is 1. The fourth-order valence-electron chi connectivity index (χ4n) is 2.05. The second-order valence-electron chi connectivity index (χ2n) is 4.47. The number of benzene rings is 1. The highest BCUT2D eigenvalue weighted by Gasteiger charge is 2.11. The van der Waals surface area contributed by atoms with E-state index in [1.165, 1.54) is 0 Å². The molecule has 0 unspecified atom stereocenters. The smallest absolute Gasteiger partial charge is 0.0726 e. The summed E-state index contributed by atoms with van der Waals surface area (Å²) in [7, 11) is 0. The molecule has 1 aliphatic rings. The zero-order valence-electron chi connectivity index (χ0n) is 11.6. The van der Waals surface area contributed by atoms with Gasteiger partial charge in [0.05, 0.1) is 11.4 Å². The molecule has 1 aliphatic heterocycles. The maximum absolute atomic E-state index is 6.20. The summed E-state index contributed by atoms with van der Waals surface area (Å²) in [5, 5.41) is 3.39. The van der Waals surface area contributed by atoms with E-state index in [4.69, 9.17) is 11.6 Å². The van der Waals surface area contributed by atoms with Crippen LogP contribution in [0.1, 0.15) is 12.5 Å². The third kappa shape index (κ3) is 3.10. The predicted octanol–water partition coefficient (Wildman–Crippen LogP) is 2.26. The summed E-state index contributed by atoms with van der Waals surface area (Å²) in [4.78, 5) is 0. The van der Waals surface area contributed by atoms with Crippen molar-refractivity contribution in [3.63, 3.8) is 0 Å². The van der Waals surface area contributed by atoms with Gasteiger partial charge < -0.3 is 16.5 Å². The average Bonchev–Trinajstić information content (AvgIpc) is 2.48. The molecule has 2 rings (SSSR count). The number of fused-ring (bicyclic) bond motifs is 1. The number of nitrogens with two attached hydrogens (primary N) is 2. The minimum absolute atomic E-state index is 0.632. The standard InChI is InChI=1S/C16H20N4/c1-2-3-4-7-12-10-15(20-18)16(17)13-8-5-6-9-14(13)19-11-12/h2-10,19-20H,11,17-18H2,1H3/b3-2-,7-4-,12-10-,16-15-. The van der Waals surface area contributed by atoms with Crippen molar-refractivity contribution in [1.82, 2.24) is 5.43 Å². The molecule has 0 bridgehead atoms. The Labute approximate surface area is 119 Å². The van der Waals surface area contributed by atoms with Crippen LogP contribution >= 0.6 is 0 Å². The van der Waals surface area contributed by atoms with Gasteiger partial charge >= 0.3 is 0 Å². The Hall–Kier alpha value is -2.46. The first kappa shape index (κ1) is 14.0. The van der Waals surface area contributed by atoms with Gasteiger partial charge in [-0.1, -0.05) is 42.5 Å². The Kier molecular flexibility index (Phi) is 4.63. The third-order valence-electron chi connectivity index (χ3n) is 3.09. The molecule has 20 heavy (non-hydrogen) atoms. The quantitative estimate of drug-likeness (QED) is 0.385. The Morgan fingerprint density at radius 1 is 1.25 bits per heavy atom. The third-order valence-corrected chi connectivity index (χ3v) is 3.09. The first-order chi connectivity index (χ1) is 9.76. The zero-order chi connectivity index (χ0) is 14.4. The van der Waals surface area contributed by atoms with Crippen molar-refractivity contribution in [2.24, 2.45) is 11.6 Å². The van der Waals surface area contributed by atoms with E-state index in [1.807, 2.05) is 61.6 Å². The van der Waals surface area contributed by atoms with Crippen molar-refractivity contribution in [2.45, 2.75) is 6.92 Å². The van der Waals surface area contributed by atoms with Crippen molar-refractivity contribution >= 4 is 11.4 Å². The lowest BCUT2D eigenvalue weighted by molar-refractivity contribution is 0.911. The van der Waals surface area contributed by atoms with Crippen LogP contribution in [0.15, 0.2) is 65.9 Å². The SMILES string of the molecule is C\C=C/C=C\C1=C\C(NN)=C(\N)c2ccccc2NC1. The van der Waals surface area contributed by atoms with Crippen LogP contribution in [-0.4, -0.2) is 6.54 Å². The lowest BCUT2D eigenvalue weighted by atomic mass is 10.0. The van der Waals surface area contributed by atoms with Gasteiger partial charge in [-0.3, -0.25) is 5.84 Å².